The topological polar surface area (TPSA) is 107 Å². The van der Waals surface area contributed by atoms with Crippen molar-refractivity contribution in [3.05, 3.63) is 0 Å². The first-order chi connectivity index (χ1) is 8.97. The summed E-state index contributed by atoms with van der Waals surface area (Å²) in [5.74, 6) is -2.43. The summed E-state index contributed by atoms with van der Waals surface area (Å²) in [6, 6.07) is -1.10. The van der Waals surface area contributed by atoms with Gasteiger partial charge in [-0.25, -0.2) is 0 Å². The van der Waals surface area contributed by atoms with Gasteiger partial charge in [-0.3, -0.25) is 14.4 Å². The molecule has 0 amide bonds. The van der Waals surface area contributed by atoms with Crippen molar-refractivity contribution in [1.29, 1.82) is 0 Å². The second-order valence-corrected chi connectivity index (χ2v) is 4.49. The zero-order valence-corrected chi connectivity index (χ0v) is 11.4. The molecule has 21 heavy (non-hydrogen) atoms. The van der Waals surface area contributed by atoms with Crippen molar-refractivity contribution in [3.63, 3.8) is 0 Å². The molecule has 114 valence electrons. The second-order valence-electron chi connectivity index (χ2n) is 4.49. The Bertz CT molecular complexity index is 313. The Morgan fingerprint density at radius 1 is 1.00 bits per heavy atom. The van der Waals surface area contributed by atoms with E-state index in [4.69, 9.17) is 10.8 Å². The van der Waals surface area contributed by atoms with Crippen LogP contribution in [0.4, 0.5) is 0 Å². The normalized spacial score (nSPS) is 10.8. The molecule has 3 N–H and O–H groups in total. The summed E-state index contributed by atoms with van der Waals surface area (Å²) in [7, 11) is 0. The predicted octanol–water partition coefficient (Wildman–Crippen LogP) is 0.312. The van der Waals surface area contributed by atoms with Crippen molar-refractivity contribution in [2.75, 3.05) is 0 Å². The maximum absolute atomic E-state index is 11.3. The number of carbonyl (C=O) groups is 3. The average molecular weight is 321 g/mol. The van der Waals surface area contributed by atoms with Crippen molar-refractivity contribution in [2.24, 2.45) is 5.73 Å². The number of carboxylic acids is 1. The number of esters is 2. The first-order valence-corrected chi connectivity index (χ1v) is 6.69. The molecule has 0 aromatic carbocycles. The van der Waals surface area contributed by atoms with E-state index in [1.165, 1.54) is 0 Å². The summed E-state index contributed by atoms with van der Waals surface area (Å²) in [4.78, 5) is 32.9. The van der Waals surface area contributed by atoms with E-state index >= 15 is 0 Å². The Morgan fingerprint density at radius 3 is 2.05 bits per heavy atom. The van der Waals surface area contributed by atoms with Gasteiger partial charge in [0.2, 0.25) is 0 Å². The molecular formula is C13H25NNa2O5. The third-order valence-electron chi connectivity index (χ3n) is 2.69. The van der Waals surface area contributed by atoms with E-state index in [0.29, 0.717) is 6.42 Å². The zero-order chi connectivity index (χ0) is 14.7. The summed E-state index contributed by atoms with van der Waals surface area (Å²) >= 11 is 0. The van der Waals surface area contributed by atoms with Crippen LogP contribution in [0.1, 0.15) is 58.3 Å². The Hall–Kier alpha value is 0.570. The minimum atomic E-state index is -1.17. The van der Waals surface area contributed by atoms with E-state index in [2.05, 4.69) is 11.7 Å². The third-order valence-corrected chi connectivity index (χ3v) is 2.69. The van der Waals surface area contributed by atoms with Crippen LogP contribution in [-0.2, 0) is 19.1 Å². The van der Waals surface area contributed by atoms with E-state index in [1.54, 1.807) is 0 Å². The van der Waals surface area contributed by atoms with E-state index in [0.717, 1.165) is 25.7 Å². The van der Waals surface area contributed by atoms with Crippen molar-refractivity contribution >= 4 is 77.0 Å². The summed E-state index contributed by atoms with van der Waals surface area (Å²) in [6.45, 7) is 2.11. The van der Waals surface area contributed by atoms with Gasteiger partial charge in [0.15, 0.2) is 0 Å². The van der Waals surface area contributed by atoms with Gasteiger partial charge in [-0.05, 0) is 12.8 Å². The van der Waals surface area contributed by atoms with E-state index < -0.39 is 23.9 Å². The fourth-order valence-electron chi connectivity index (χ4n) is 1.50. The van der Waals surface area contributed by atoms with E-state index in [1.807, 2.05) is 0 Å². The van der Waals surface area contributed by atoms with Crippen molar-refractivity contribution in [1.82, 2.24) is 0 Å². The first-order valence-electron chi connectivity index (χ1n) is 6.69. The van der Waals surface area contributed by atoms with Crippen molar-refractivity contribution in [2.45, 2.75) is 64.3 Å². The Kier molecular flexibility index (Phi) is 21.3. The predicted molar refractivity (Wildman–Crippen MR) is 83.6 cm³/mol. The fraction of sp³-hybridized carbons (Fsp3) is 0.769. The summed E-state index contributed by atoms with van der Waals surface area (Å²) in [6.07, 6.45) is 5.04. The van der Waals surface area contributed by atoms with Gasteiger partial charge >= 0.3 is 77.0 Å². The molecule has 0 saturated carbocycles. The molecule has 0 aromatic heterocycles. The fourth-order valence-corrected chi connectivity index (χ4v) is 1.50. The van der Waals surface area contributed by atoms with Gasteiger partial charge in [0.25, 0.3) is 0 Å². The first kappa shape index (κ1) is 26.5. The average Bonchev–Trinajstić information content (AvgIpc) is 2.35. The van der Waals surface area contributed by atoms with Crippen LogP contribution in [0.15, 0.2) is 0 Å². The number of hydrogen-bond acceptors (Lipinski definition) is 5. The number of aliphatic carboxylic acids is 1. The number of rotatable bonds is 10. The number of ether oxygens (including phenoxy) is 1. The zero-order valence-electron chi connectivity index (χ0n) is 11.4. The molecule has 0 spiro atoms. The van der Waals surface area contributed by atoms with Crippen molar-refractivity contribution in [3.8, 4) is 0 Å². The summed E-state index contributed by atoms with van der Waals surface area (Å²) in [5.41, 5.74) is 5.23. The standard InChI is InChI=1S/C13H23NO5.2Na.2H/c1-2-3-4-5-6-7-11(15)19-12(16)9-8-10(14)13(17)18;;;;/h10H,2-9,14H2,1H3,(H,17,18);;;;/t10-;;;;/m0..../s1. The number of carbonyl (C=O) groups excluding carboxylic acids is 2. The molecule has 0 rings (SSSR count). The molecule has 6 nitrogen and oxygen atoms in total. The third kappa shape index (κ3) is 16.8. The van der Waals surface area contributed by atoms with Gasteiger partial charge in [-0.1, -0.05) is 32.6 Å². The Labute approximate surface area is 170 Å². The van der Waals surface area contributed by atoms with Gasteiger partial charge in [0.05, 0.1) is 0 Å². The summed E-state index contributed by atoms with van der Waals surface area (Å²) in [5, 5.41) is 8.52. The van der Waals surface area contributed by atoms with E-state index in [-0.39, 0.29) is 78.4 Å². The molecule has 0 aliphatic heterocycles. The second kappa shape index (κ2) is 16.9. The molecule has 0 fully saturated rings. The van der Waals surface area contributed by atoms with Crippen LogP contribution in [0, 0.1) is 0 Å². The van der Waals surface area contributed by atoms with Gasteiger partial charge in [-0.2, -0.15) is 0 Å². The molecule has 0 unspecified atom stereocenters. The SMILES string of the molecule is CCCCCCCC(=O)OC(=O)CC[C@H](N)C(=O)O.[NaH].[NaH]. The van der Waals surface area contributed by atoms with Gasteiger partial charge in [0, 0.05) is 12.8 Å². The van der Waals surface area contributed by atoms with Crippen LogP contribution in [0.2, 0.25) is 0 Å². The maximum atomic E-state index is 11.3. The quantitative estimate of drug-likeness (QED) is 0.260. The Morgan fingerprint density at radius 2 is 1.52 bits per heavy atom. The number of hydrogen-bond donors (Lipinski definition) is 2. The molecule has 0 aromatic rings. The number of unbranched alkanes of at least 4 members (excludes halogenated alkanes) is 4. The van der Waals surface area contributed by atoms with Crippen LogP contribution in [0.25, 0.3) is 0 Å². The number of nitrogens with two attached hydrogens (primary N) is 1. The Balaban J connectivity index is -0.00000162. The monoisotopic (exact) mass is 321 g/mol. The molecule has 0 radical (unpaired) electrons. The molecule has 1 atom stereocenters. The minimum absolute atomic E-state index is 0. The molecule has 0 heterocycles. The van der Waals surface area contributed by atoms with Crippen LogP contribution < -0.4 is 5.73 Å². The summed E-state index contributed by atoms with van der Waals surface area (Å²) < 4.78 is 4.56. The van der Waals surface area contributed by atoms with Crippen LogP contribution >= 0.6 is 0 Å². The molecule has 0 aliphatic rings. The van der Waals surface area contributed by atoms with Gasteiger partial charge < -0.3 is 15.6 Å². The molecular weight excluding hydrogens is 296 g/mol. The van der Waals surface area contributed by atoms with Crippen molar-refractivity contribution < 1.29 is 24.2 Å². The molecule has 0 aliphatic carbocycles. The van der Waals surface area contributed by atoms with Gasteiger partial charge in [0.1, 0.15) is 6.04 Å². The molecule has 8 heteroatoms. The van der Waals surface area contributed by atoms with Crippen LogP contribution in [0.5, 0.6) is 0 Å². The van der Waals surface area contributed by atoms with Gasteiger partial charge in [-0.15, -0.1) is 0 Å². The molecule has 0 bridgehead atoms. The van der Waals surface area contributed by atoms with Crippen LogP contribution in [0.3, 0.4) is 0 Å². The van der Waals surface area contributed by atoms with E-state index in [9.17, 15) is 14.4 Å². The van der Waals surface area contributed by atoms with Crippen LogP contribution in [-0.4, -0.2) is 88.2 Å². The molecule has 0 saturated heterocycles. The number of carboxylic acid groups (broad SMARTS) is 1.